The van der Waals surface area contributed by atoms with Gasteiger partial charge < -0.3 is 15.5 Å². The maximum absolute atomic E-state index is 11.9. The molecule has 0 bridgehead atoms. The van der Waals surface area contributed by atoms with Crippen LogP contribution < -0.4 is 10.6 Å². The lowest BCUT2D eigenvalue weighted by Gasteiger charge is -2.27. The van der Waals surface area contributed by atoms with E-state index < -0.39 is 0 Å². The van der Waals surface area contributed by atoms with Crippen molar-refractivity contribution in [3.05, 3.63) is 23.9 Å². The summed E-state index contributed by atoms with van der Waals surface area (Å²) >= 11 is 0. The molecule has 94 valence electrons. The second-order valence-corrected chi connectivity index (χ2v) is 4.03. The van der Waals surface area contributed by atoms with Crippen LogP contribution in [0.2, 0.25) is 0 Å². The zero-order chi connectivity index (χ0) is 12.8. The first kappa shape index (κ1) is 12.3. The Morgan fingerprint density at radius 2 is 2.33 bits per heavy atom. The van der Waals surface area contributed by atoms with Crippen molar-refractivity contribution >= 4 is 11.7 Å². The molecule has 2 N–H and O–H groups in total. The lowest BCUT2D eigenvalue weighted by molar-refractivity contribution is -0.129. The molecule has 1 aliphatic heterocycles. The molecule has 6 nitrogen and oxygen atoms in total. The van der Waals surface area contributed by atoms with Gasteiger partial charge in [0.1, 0.15) is 5.82 Å². The van der Waals surface area contributed by atoms with Gasteiger partial charge in [-0.15, -0.1) is 0 Å². The van der Waals surface area contributed by atoms with Crippen molar-refractivity contribution in [2.24, 2.45) is 0 Å². The third-order valence-corrected chi connectivity index (χ3v) is 2.78. The predicted octanol–water partition coefficient (Wildman–Crippen LogP) is -0.203. The van der Waals surface area contributed by atoms with Gasteiger partial charge in [0.15, 0.2) is 0 Å². The predicted molar refractivity (Wildman–Crippen MR) is 66.9 cm³/mol. The Morgan fingerprint density at radius 1 is 1.56 bits per heavy atom. The Kier molecular flexibility index (Phi) is 4.10. The van der Waals surface area contributed by atoms with E-state index in [2.05, 4.69) is 15.6 Å². The van der Waals surface area contributed by atoms with E-state index in [0.717, 1.165) is 26.2 Å². The van der Waals surface area contributed by atoms with Gasteiger partial charge in [-0.05, 0) is 12.1 Å². The Morgan fingerprint density at radius 3 is 3.06 bits per heavy atom. The smallest absolute Gasteiger partial charge is 0.242 e. The summed E-state index contributed by atoms with van der Waals surface area (Å²) in [5.74, 6) is 0.609. The van der Waals surface area contributed by atoms with E-state index in [4.69, 9.17) is 5.26 Å². The number of amides is 1. The first-order chi connectivity index (χ1) is 8.79. The number of hydrogen-bond acceptors (Lipinski definition) is 5. The van der Waals surface area contributed by atoms with Crippen molar-refractivity contribution < 1.29 is 4.79 Å². The molecule has 0 atom stereocenters. The number of piperazine rings is 1. The van der Waals surface area contributed by atoms with E-state index in [9.17, 15) is 4.79 Å². The quantitative estimate of drug-likeness (QED) is 0.770. The van der Waals surface area contributed by atoms with Gasteiger partial charge in [-0.25, -0.2) is 4.98 Å². The molecule has 0 aliphatic carbocycles. The summed E-state index contributed by atoms with van der Waals surface area (Å²) in [6.07, 6.45) is 1.55. The van der Waals surface area contributed by atoms with Gasteiger partial charge in [0.2, 0.25) is 5.91 Å². The van der Waals surface area contributed by atoms with Crippen molar-refractivity contribution in [3.8, 4) is 6.07 Å². The Labute approximate surface area is 106 Å². The summed E-state index contributed by atoms with van der Waals surface area (Å²) in [5, 5.41) is 14.9. The number of carbonyl (C=O) groups excluding carboxylic acids is 1. The topological polar surface area (TPSA) is 81.0 Å². The number of pyridine rings is 1. The van der Waals surface area contributed by atoms with Crippen molar-refractivity contribution in [2.45, 2.75) is 0 Å². The standard InChI is InChI=1S/C12H15N5O/c13-8-10-1-2-15-11(7-10)16-9-12(18)17-5-3-14-4-6-17/h1-2,7,14H,3-6,9H2,(H,15,16). The Bertz CT molecular complexity index is 462. The monoisotopic (exact) mass is 245 g/mol. The molecular formula is C12H15N5O. The molecule has 1 amide bonds. The largest absolute Gasteiger partial charge is 0.361 e. The second kappa shape index (κ2) is 5.98. The number of nitrogens with zero attached hydrogens (tertiary/aromatic N) is 3. The van der Waals surface area contributed by atoms with Crippen LogP contribution in [0.4, 0.5) is 5.82 Å². The SMILES string of the molecule is N#Cc1ccnc(NCC(=O)N2CCNCC2)c1. The molecule has 1 aromatic rings. The molecule has 1 saturated heterocycles. The third-order valence-electron chi connectivity index (χ3n) is 2.78. The van der Waals surface area contributed by atoms with Gasteiger partial charge in [0.25, 0.3) is 0 Å². The van der Waals surface area contributed by atoms with Gasteiger partial charge in [0.05, 0.1) is 18.2 Å². The zero-order valence-corrected chi connectivity index (χ0v) is 10.0. The highest BCUT2D eigenvalue weighted by molar-refractivity contribution is 5.80. The maximum atomic E-state index is 11.9. The fourth-order valence-electron chi connectivity index (χ4n) is 1.79. The summed E-state index contributed by atoms with van der Waals surface area (Å²) in [6, 6.07) is 5.29. The van der Waals surface area contributed by atoms with Crippen LogP contribution in [-0.2, 0) is 4.79 Å². The van der Waals surface area contributed by atoms with E-state index in [1.807, 2.05) is 11.0 Å². The van der Waals surface area contributed by atoms with Gasteiger partial charge >= 0.3 is 0 Å². The molecule has 2 rings (SSSR count). The first-order valence-corrected chi connectivity index (χ1v) is 5.88. The van der Waals surface area contributed by atoms with Crippen molar-refractivity contribution in [2.75, 3.05) is 38.0 Å². The lowest BCUT2D eigenvalue weighted by atomic mass is 10.3. The van der Waals surface area contributed by atoms with Crippen molar-refractivity contribution in [1.29, 1.82) is 5.26 Å². The number of nitriles is 1. The fraction of sp³-hybridized carbons (Fsp3) is 0.417. The normalized spacial score (nSPS) is 14.9. The number of nitrogens with one attached hydrogen (secondary N) is 2. The average Bonchev–Trinajstić information content (AvgIpc) is 2.46. The molecule has 18 heavy (non-hydrogen) atoms. The van der Waals surface area contributed by atoms with Crippen molar-refractivity contribution in [1.82, 2.24) is 15.2 Å². The number of rotatable bonds is 3. The van der Waals surface area contributed by atoms with Crippen LogP contribution in [0.3, 0.4) is 0 Å². The van der Waals surface area contributed by atoms with Crippen LogP contribution in [0.5, 0.6) is 0 Å². The van der Waals surface area contributed by atoms with Crippen LogP contribution in [0.25, 0.3) is 0 Å². The second-order valence-electron chi connectivity index (χ2n) is 4.03. The molecule has 0 radical (unpaired) electrons. The molecule has 1 fully saturated rings. The minimum absolute atomic E-state index is 0.0562. The molecule has 0 unspecified atom stereocenters. The molecule has 6 heteroatoms. The maximum Gasteiger partial charge on any atom is 0.242 e. The average molecular weight is 245 g/mol. The summed E-state index contributed by atoms with van der Waals surface area (Å²) in [4.78, 5) is 17.7. The first-order valence-electron chi connectivity index (χ1n) is 5.88. The summed E-state index contributed by atoms with van der Waals surface area (Å²) in [7, 11) is 0. The zero-order valence-electron chi connectivity index (χ0n) is 10.0. The number of hydrogen-bond donors (Lipinski definition) is 2. The summed E-state index contributed by atoms with van der Waals surface area (Å²) in [6.45, 7) is 3.38. The molecule has 2 heterocycles. The summed E-state index contributed by atoms with van der Waals surface area (Å²) in [5.41, 5.74) is 0.530. The Hall–Kier alpha value is -2.13. The fourth-order valence-corrected chi connectivity index (χ4v) is 1.79. The summed E-state index contributed by atoms with van der Waals surface area (Å²) < 4.78 is 0. The van der Waals surface area contributed by atoms with Gasteiger partial charge in [-0.1, -0.05) is 0 Å². The molecule has 0 saturated carbocycles. The van der Waals surface area contributed by atoms with E-state index in [-0.39, 0.29) is 12.5 Å². The van der Waals surface area contributed by atoms with Crippen LogP contribution in [0, 0.1) is 11.3 Å². The van der Waals surface area contributed by atoms with E-state index >= 15 is 0 Å². The van der Waals surface area contributed by atoms with Gasteiger partial charge in [-0.2, -0.15) is 5.26 Å². The van der Waals surface area contributed by atoms with Crippen LogP contribution in [0.1, 0.15) is 5.56 Å². The molecular weight excluding hydrogens is 230 g/mol. The lowest BCUT2D eigenvalue weighted by Crippen LogP contribution is -2.48. The molecule has 0 aromatic carbocycles. The molecule has 1 aliphatic rings. The van der Waals surface area contributed by atoms with Crippen LogP contribution >= 0.6 is 0 Å². The number of aromatic nitrogens is 1. The van der Waals surface area contributed by atoms with Gasteiger partial charge in [-0.3, -0.25) is 4.79 Å². The van der Waals surface area contributed by atoms with Crippen molar-refractivity contribution in [3.63, 3.8) is 0 Å². The third kappa shape index (κ3) is 3.18. The highest BCUT2D eigenvalue weighted by Crippen LogP contribution is 2.05. The number of carbonyl (C=O) groups is 1. The van der Waals surface area contributed by atoms with Crippen LogP contribution in [-0.4, -0.2) is 48.5 Å². The minimum atomic E-state index is 0.0562. The minimum Gasteiger partial charge on any atom is -0.361 e. The van der Waals surface area contributed by atoms with Gasteiger partial charge in [0, 0.05) is 32.4 Å². The van der Waals surface area contributed by atoms with E-state index in [1.54, 1.807) is 18.3 Å². The highest BCUT2D eigenvalue weighted by Gasteiger charge is 2.15. The molecule has 1 aromatic heterocycles. The highest BCUT2D eigenvalue weighted by atomic mass is 16.2. The Balaban J connectivity index is 1.86. The van der Waals surface area contributed by atoms with E-state index in [1.165, 1.54) is 0 Å². The van der Waals surface area contributed by atoms with Crippen LogP contribution in [0.15, 0.2) is 18.3 Å². The number of anilines is 1. The van der Waals surface area contributed by atoms with E-state index in [0.29, 0.717) is 11.4 Å². The molecule has 0 spiro atoms.